The molecule has 0 saturated heterocycles. The molecule has 0 aromatic heterocycles. The zero-order chi connectivity index (χ0) is 18.2. The normalized spacial score (nSPS) is 11.3. The monoisotopic (exact) mass is 344 g/mol. The summed E-state index contributed by atoms with van der Waals surface area (Å²) >= 11 is 0. The van der Waals surface area contributed by atoms with Gasteiger partial charge in [-0.1, -0.05) is 30.3 Å². The van der Waals surface area contributed by atoms with E-state index in [2.05, 4.69) is 10.6 Å². The third-order valence-corrected chi connectivity index (χ3v) is 3.24. The van der Waals surface area contributed by atoms with Gasteiger partial charge in [0.2, 0.25) is 0 Å². The van der Waals surface area contributed by atoms with E-state index >= 15 is 0 Å². The lowest BCUT2D eigenvalue weighted by molar-refractivity contribution is -0.152. The number of carbonyl (C=O) groups is 3. The van der Waals surface area contributed by atoms with Gasteiger partial charge in [0, 0.05) is 5.56 Å². The number of benzene rings is 2. The second-order valence-corrected chi connectivity index (χ2v) is 5.15. The molecule has 1 atom stereocenters. The van der Waals surface area contributed by atoms with Gasteiger partial charge in [0.15, 0.2) is 6.10 Å². The highest BCUT2D eigenvalue weighted by molar-refractivity contribution is 5.97. The average Bonchev–Trinajstić information content (AvgIpc) is 2.62. The summed E-state index contributed by atoms with van der Waals surface area (Å²) in [7, 11) is 0. The van der Waals surface area contributed by atoms with Crippen molar-refractivity contribution in [3.63, 3.8) is 0 Å². The Morgan fingerprint density at radius 2 is 1.68 bits per heavy atom. The van der Waals surface area contributed by atoms with E-state index in [0.717, 1.165) is 0 Å². The zero-order valence-electron chi connectivity index (χ0n) is 13.5. The maximum absolute atomic E-state index is 13.5. The summed E-state index contributed by atoms with van der Waals surface area (Å²) < 4.78 is 18.4. The van der Waals surface area contributed by atoms with Crippen molar-refractivity contribution in [2.45, 2.75) is 13.0 Å². The van der Waals surface area contributed by atoms with E-state index in [4.69, 9.17) is 4.74 Å². The van der Waals surface area contributed by atoms with E-state index < -0.39 is 29.7 Å². The maximum Gasteiger partial charge on any atom is 0.326 e. The third kappa shape index (κ3) is 5.42. The van der Waals surface area contributed by atoms with Crippen LogP contribution in [0.4, 0.5) is 10.1 Å². The van der Waals surface area contributed by atoms with Gasteiger partial charge in [0.25, 0.3) is 11.8 Å². The van der Waals surface area contributed by atoms with Crippen LogP contribution in [-0.2, 0) is 14.3 Å². The number of halogens is 1. The zero-order valence-corrected chi connectivity index (χ0v) is 13.5. The van der Waals surface area contributed by atoms with Crippen LogP contribution in [0.5, 0.6) is 0 Å². The Hall–Kier alpha value is -3.22. The molecule has 0 aliphatic rings. The van der Waals surface area contributed by atoms with Gasteiger partial charge in [-0.2, -0.15) is 0 Å². The highest BCUT2D eigenvalue weighted by Crippen LogP contribution is 2.13. The molecule has 2 aromatic rings. The molecule has 0 unspecified atom stereocenters. The first-order chi connectivity index (χ1) is 12.0. The molecule has 0 fully saturated rings. The fourth-order valence-corrected chi connectivity index (χ4v) is 1.93. The molecular weight excluding hydrogens is 327 g/mol. The van der Waals surface area contributed by atoms with E-state index in [1.165, 1.54) is 25.1 Å². The minimum atomic E-state index is -1.14. The van der Waals surface area contributed by atoms with Crippen molar-refractivity contribution in [3.8, 4) is 0 Å². The number of amides is 2. The van der Waals surface area contributed by atoms with E-state index in [1.54, 1.807) is 36.4 Å². The maximum atomic E-state index is 13.5. The standard InChI is InChI=1S/C18H17FN2O4/c1-12(17(23)21-15-10-6-5-9-14(15)19)25-16(22)11-20-18(24)13-7-3-2-4-8-13/h2-10,12H,11H2,1H3,(H,20,24)(H,21,23)/t12-/m1/s1. The predicted molar refractivity (Wildman–Crippen MR) is 89.4 cm³/mol. The molecule has 25 heavy (non-hydrogen) atoms. The Balaban J connectivity index is 1.80. The Morgan fingerprint density at radius 1 is 1.04 bits per heavy atom. The van der Waals surface area contributed by atoms with Crippen LogP contribution in [0.3, 0.4) is 0 Å². The van der Waals surface area contributed by atoms with Crippen molar-refractivity contribution < 1.29 is 23.5 Å². The SMILES string of the molecule is C[C@@H](OC(=O)CNC(=O)c1ccccc1)C(=O)Nc1ccccc1F. The number of rotatable bonds is 6. The molecule has 0 spiro atoms. The first-order valence-corrected chi connectivity index (χ1v) is 7.55. The number of hydrogen-bond donors (Lipinski definition) is 2. The van der Waals surface area contributed by atoms with E-state index in [-0.39, 0.29) is 12.2 Å². The minimum Gasteiger partial charge on any atom is -0.451 e. The summed E-state index contributed by atoms with van der Waals surface area (Å²) in [4.78, 5) is 35.4. The molecule has 6 nitrogen and oxygen atoms in total. The first-order valence-electron chi connectivity index (χ1n) is 7.55. The Morgan fingerprint density at radius 3 is 2.36 bits per heavy atom. The topological polar surface area (TPSA) is 84.5 Å². The molecule has 0 aliphatic heterocycles. The number of esters is 1. The second-order valence-electron chi connectivity index (χ2n) is 5.15. The van der Waals surface area contributed by atoms with Crippen molar-refractivity contribution >= 4 is 23.5 Å². The molecule has 0 bridgehead atoms. The lowest BCUT2D eigenvalue weighted by Crippen LogP contribution is -2.35. The molecular formula is C18H17FN2O4. The van der Waals surface area contributed by atoms with E-state index in [9.17, 15) is 18.8 Å². The second kappa shape index (κ2) is 8.58. The number of hydrogen-bond acceptors (Lipinski definition) is 4. The Kier molecular flexibility index (Phi) is 6.22. The number of para-hydroxylation sites is 1. The fraction of sp³-hybridized carbons (Fsp3) is 0.167. The van der Waals surface area contributed by atoms with Crippen molar-refractivity contribution in [3.05, 3.63) is 66.0 Å². The van der Waals surface area contributed by atoms with Crippen LogP contribution in [0.25, 0.3) is 0 Å². The van der Waals surface area contributed by atoms with Crippen LogP contribution in [0.15, 0.2) is 54.6 Å². The lowest BCUT2D eigenvalue weighted by Gasteiger charge is -2.14. The molecule has 0 saturated carbocycles. The predicted octanol–water partition coefficient (Wildman–Crippen LogP) is 2.13. The minimum absolute atomic E-state index is 0.00669. The third-order valence-electron chi connectivity index (χ3n) is 3.24. The van der Waals surface area contributed by atoms with Crippen LogP contribution in [0.1, 0.15) is 17.3 Å². The molecule has 2 aromatic carbocycles. The Labute approximate surface area is 144 Å². The summed E-state index contributed by atoms with van der Waals surface area (Å²) in [5.41, 5.74) is 0.397. The van der Waals surface area contributed by atoms with Gasteiger partial charge in [-0.15, -0.1) is 0 Å². The van der Waals surface area contributed by atoms with E-state index in [1.807, 2.05) is 0 Å². The van der Waals surface area contributed by atoms with Crippen molar-refractivity contribution in [1.29, 1.82) is 0 Å². The van der Waals surface area contributed by atoms with Gasteiger partial charge in [0.1, 0.15) is 12.4 Å². The van der Waals surface area contributed by atoms with Gasteiger partial charge in [-0.3, -0.25) is 14.4 Å². The van der Waals surface area contributed by atoms with Gasteiger partial charge in [0.05, 0.1) is 5.69 Å². The molecule has 2 N–H and O–H groups in total. The highest BCUT2D eigenvalue weighted by Gasteiger charge is 2.19. The molecule has 0 aliphatic carbocycles. The van der Waals surface area contributed by atoms with Crippen LogP contribution >= 0.6 is 0 Å². The number of carbonyl (C=O) groups excluding carboxylic acids is 3. The number of anilines is 1. The summed E-state index contributed by atoms with van der Waals surface area (Å²) in [6.45, 7) is 0.970. The fourth-order valence-electron chi connectivity index (χ4n) is 1.93. The van der Waals surface area contributed by atoms with Gasteiger partial charge < -0.3 is 15.4 Å². The summed E-state index contributed by atoms with van der Waals surface area (Å²) in [5, 5.41) is 4.72. The largest absolute Gasteiger partial charge is 0.451 e. The molecule has 130 valence electrons. The van der Waals surface area contributed by atoms with Gasteiger partial charge in [-0.05, 0) is 31.2 Å². The molecule has 0 radical (unpaired) electrons. The lowest BCUT2D eigenvalue weighted by atomic mass is 10.2. The molecule has 7 heteroatoms. The first kappa shape index (κ1) is 18.1. The van der Waals surface area contributed by atoms with Crippen LogP contribution in [0.2, 0.25) is 0 Å². The summed E-state index contributed by atoms with van der Waals surface area (Å²) in [5.74, 6) is -2.47. The molecule has 2 amide bonds. The summed E-state index contributed by atoms with van der Waals surface area (Å²) in [6, 6.07) is 14.0. The van der Waals surface area contributed by atoms with Crippen LogP contribution in [0, 0.1) is 5.82 Å². The molecule has 2 rings (SSSR count). The van der Waals surface area contributed by atoms with E-state index in [0.29, 0.717) is 5.56 Å². The highest BCUT2D eigenvalue weighted by atomic mass is 19.1. The number of nitrogens with one attached hydrogen (secondary N) is 2. The quantitative estimate of drug-likeness (QED) is 0.786. The summed E-state index contributed by atoms with van der Waals surface area (Å²) in [6.07, 6.45) is -1.14. The average molecular weight is 344 g/mol. The number of ether oxygens (including phenoxy) is 1. The van der Waals surface area contributed by atoms with Crippen molar-refractivity contribution in [2.24, 2.45) is 0 Å². The smallest absolute Gasteiger partial charge is 0.326 e. The molecule has 0 heterocycles. The van der Waals surface area contributed by atoms with Gasteiger partial charge in [-0.25, -0.2) is 4.39 Å². The van der Waals surface area contributed by atoms with Crippen LogP contribution in [-0.4, -0.2) is 30.4 Å². The van der Waals surface area contributed by atoms with Crippen molar-refractivity contribution in [1.82, 2.24) is 5.32 Å². The van der Waals surface area contributed by atoms with Crippen molar-refractivity contribution in [2.75, 3.05) is 11.9 Å². The van der Waals surface area contributed by atoms with Gasteiger partial charge >= 0.3 is 5.97 Å². The Bertz CT molecular complexity index is 765. The van der Waals surface area contributed by atoms with Crippen LogP contribution < -0.4 is 10.6 Å².